The lowest BCUT2D eigenvalue weighted by atomic mass is 10.0. The van der Waals surface area contributed by atoms with Crippen molar-refractivity contribution in [3.63, 3.8) is 0 Å². The second kappa shape index (κ2) is 7.07. The Kier molecular flexibility index (Phi) is 4.46. The summed E-state index contributed by atoms with van der Waals surface area (Å²) < 4.78 is 20.9. The molecule has 0 aliphatic heterocycles. The molecule has 0 saturated heterocycles. The molecular formula is C19H15BFN5O. The van der Waals surface area contributed by atoms with E-state index in [0.717, 1.165) is 5.56 Å². The molecule has 0 fully saturated rings. The van der Waals surface area contributed by atoms with Crippen LogP contribution in [-0.2, 0) is 6.54 Å². The third-order valence-electron chi connectivity index (χ3n) is 4.13. The number of aromatic nitrogens is 4. The van der Waals surface area contributed by atoms with Crippen LogP contribution < -0.4 is 15.5 Å². The Labute approximate surface area is 156 Å². The molecule has 3 heterocycles. The minimum Gasteiger partial charge on any atom is -0.481 e. The quantitative estimate of drug-likeness (QED) is 0.554. The Bertz CT molecular complexity index is 1100. The number of anilines is 1. The average Bonchev–Trinajstić information content (AvgIpc) is 3.08. The molecule has 4 aromatic rings. The Morgan fingerprint density at radius 1 is 1.19 bits per heavy atom. The van der Waals surface area contributed by atoms with Crippen molar-refractivity contribution in [1.29, 1.82) is 0 Å². The van der Waals surface area contributed by atoms with Gasteiger partial charge in [-0.2, -0.15) is 9.61 Å². The van der Waals surface area contributed by atoms with Crippen molar-refractivity contribution in [3.05, 3.63) is 66.2 Å². The zero-order chi connectivity index (χ0) is 18.8. The first-order chi connectivity index (χ1) is 13.2. The van der Waals surface area contributed by atoms with Crippen molar-refractivity contribution >= 4 is 24.8 Å². The number of nitrogens with one attached hydrogen (secondary N) is 1. The monoisotopic (exact) mass is 359 g/mol. The highest BCUT2D eigenvalue weighted by atomic mass is 19.1. The van der Waals surface area contributed by atoms with Crippen molar-refractivity contribution in [2.75, 3.05) is 12.4 Å². The number of rotatable bonds is 5. The third kappa shape index (κ3) is 3.33. The van der Waals surface area contributed by atoms with Crippen LogP contribution in [-0.4, -0.2) is 34.5 Å². The molecule has 132 valence electrons. The number of ether oxygens (including phenoxy) is 1. The van der Waals surface area contributed by atoms with Gasteiger partial charge < -0.3 is 10.1 Å². The smallest absolute Gasteiger partial charge is 0.212 e. The predicted octanol–water partition coefficient (Wildman–Crippen LogP) is 2.34. The van der Waals surface area contributed by atoms with Crippen molar-refractivity contribution in [1.82, 2.24) is 19.6 Å². The molecule has 8 heteroatoms. The molecule has 0 bridgehead atoms. The largest absolute Gasteiger partial charge is 0.481 e. The van der Waals surface area contributed by atoms with Gasteiger partial charge in [0.25, 0.3) is 0 Å². The first-order valence-corrected chi connectivity index (χ1v) is 8.27. The molecule has 27 heavy (non-hydrogen) atoms. The van der Waals surface area contributed by atoms with Gasteiger partial charge in [-0.15, -0.1) is 0 Å². The van der Waals surface area contributed by atoms with Crippen molar-refractivity contribution < 1.29 is 9.13 Å². The van der Waals surface area contributed by atoms with Crippen LogP contribution in [0.1, 0.15) is 5.56 Å². The number of halogens is 1. The van der Waals surface area contributed by atoms with Crippen LogP contribution in [0.3, 0.4) is 0 Å². The molecule has 0 unspecified atom stereocenters. The molecule has 4 rings (SSSR count). The first kappa shape index (κ1) is 17.0. The summed E-state index contributed by atoms with van der Waals surface area (Å²) in [6.45, 7) is 0.493. The highest BCUT2D eigenvalue weighted by Crippen LogP contribution is 2.24. The standard InChI is InChI=1S/C19H15BFN5O/c1-27-18-7-6-12(10-23-18)9-22-17-8-16(13-4-2-3-5-15(13)21)25-19-14(20)11-24-26(17)19/h2-8,10-11,22H,9H2,1H3. The van der Waals surface area contributed by atoms with Gasteiger partial charge in [0.05, 0.1) is 12.8 Å². The van der Waals surface area contributed by atoms with Crippen LogP contribution >= 0.6 is 0 Å². The van der Waals surface area contributed by atoms with Gasteiger partial charge in [0.1, 0.15) is 19.5 Å². The number of hydrogen-bond donors (Lipinski definition) is 1. The molecule has 0 saturated carbocycles. The van der Waals surface area contributed by atoms with E-state index in [4.69, 9.17) is 12.6 Å². The van der Waals surface area contributed by atoms with Gasteiger partial charge in [-0.05, 0) is 23.2 Å². The Morgan fingerprint density at radius 2 is 2.04 bits per heavy atom. The van der Waals surface area contributed by atoms with Gasteiger partial charge in [0.2, 0.25) is 5.88 Å². The third-order valence-corrected chi connectivity index (χ3v) is 4.13. The lowest BCUT2D eigenvalue weighted by molar-refractivity contribution is 0.397. The predicted molar refractivity (Wildman–Crippen MR) is 102 cm³/mol. The van der Waals surface area contributed by atoms with Crippen LogP contribution in [0.4, 0.5) is 10.2 Å². The van der Waals surface area contributed by atoms with E-state index in [1.54, 1.807) is 48.2 Å². The van der Waals surface area contributed by atoms with E-state index >= 15 is 0 Å². The molecule has 0 aliphatic rings. The van der Waals surface area contributed by atoms with Gasteiger partial charge in [0.15, 0.2) is 5.65 Å². The van der Waals surface area contributed by atoms with Crippen molar-refractivity contribution in [2.45, 2.75) is 6.54 Å². The van der Waals surface area contributed by atoms with Gasteiger partial charge in [-0.25, -0.2) is 14.4 Å². The van der Waals surface area contributed by atoms with Crippen LogP contribution in [0.5, 0.6) is 5.88 Å². The van der Waals surface area contributed by atoms with Crippen molar-refractivity contribution in [2.24, 2.45) is 0 Å². The van der Waals surface area contributed by atoms with Gasteiger partial charge in [-0.1, -0.05) is 18.2 Å². The van der Waals surface area contributed by atoms with Crippen LogP contribution in [0.15, 0.2) is 54.9 Å². The van der Waals surface area contributed by atoms with Gasteiger partial charge in [0, 0.05) is 36.6 Å². The molecule has 0 aliphatic carbocycles. The Hall–Kier alpha value is -3.42. The molecule has 3 aromatic heterocycles. The SMILES string of the molecule is [B]c1cnn2c(NCc3ccc(OC)nc3)cc(-c3ccccc3F)nc12. The number of pyridine rings is 1. The minimum absolute atomic E-state index is 0.349. The maximum Gasteiger partial charge on any atom is 0.212 e. The summed E-state index contributed by atoms with van der Waals surface area (Å²) in [4.78, 5) is 8.66. The molecule has 0 atom stereocenters. The fourth-order valence-corrected chi connectivity index (χ4v) is 2.74. The molecule has 6 nitrogen and oxygen atoms in total. The van der Waals surface area contributed by atoms with E-state index in [-0.39, 0.29) is 5.82 Å². The summed E-state index contributed by atoms with van der Waals surface area (Å²) in [6.07, 6.45) is 3.24. The fraction of sp³-hybridized carbons (Fsp3) is 0.105. The van der Waals surface area contributed by atoms with E-state index in [0.29, 0.717) is 40.6 Å². The number of hydrogen-bond acceptors (Lipinski definition) is 5. The second-order valence-electron chi connectivity index (χ2n) is 5.90. The average molecular weight is 359 g/mol. The minimum atomic E-state index is -0.349. The molecule has 1 N–H and O–H groups in total. The number of methoxy groups -OCH3 is 1. The molecule has 0 amide bonds. The highest BCUT2D eigenvalue weighted by Gasteiger charge is 2.13. The topological polar surface area (TPSA) is 64.3 Å². The number of fused-ring (bicyclic) bond motifs is 1. The molecule has 2 radical (unpaired) electrons. The van der Waals surface area contributed by atoms with Gasteiger partial charge >= 0.3 is 0 Å². The molecule has 1 aromatic carbocycles. The van der Waals surface area contributed by atoms with Crippen molar-refractivity contribution in [3.8, 4) is 17.1 Å². The molecular weight excluding hydrogens is 344 g/mol. The van der Waals surface area contributed by atoms with Crippen LogP contribution in [0.25, 0.3) is 16.9 Å². The van der Waals surface area contributed by atoms with Crippen LogP contribution in [0.2, 0.25) is 0 Å². The first-order valence-electron chi connectivity index (χ1n) is 8.27. The lowest BCUT2D eigenvalue weighted by Crippen LogP contribution is -2.10. The normalized spacial score (nSPS) is 10.9. The summed E-state index contributed by atoms with van der Waals surface area (Å²) in [7, 11) is 7.55. The van der Waals surface area contributed by atoms with E-state index in [1.165, 1.54) is 12.3 Å². The fourth-order valence-electron chi connectivity index (χ4n) is 2.74. The Morgan fingerprint density at radius 3 is 2.78 bits per heavy atom. The second-order valence-corrected chi connectivity index (χ2v) is 5.90. The number of benzene rings is 1. The number of nitrogens with zero attached hydrogens (tertiary/aromatic N) is 4. The summed E-state index contributed by atoms with van der Waals surface area (Å²) in [6, 6.07) is 11.9. The van der Waals surface area contributed by atoms with E-state index in [1.807, 2.05) is 6.07 Å². The molecule has 0 spiro atoms. The zero-order valence-electron chi connectivity index (χ0n) is 14.6. The lowest BCUT2D eigenvalue weighted by Gasteiger charge is -2.12. The summed E-state index contributed by atoms with van der Waals surface area (Å²) >= 11 is 0. The highest BCUT2D eigenvalue weighted by molar-refractivity contribution is 6.36. The van der Waals surface area contributed by atoms with E-state index < -0.39 is 0 Å². The summed E-state index contributed by atoms with van der Waals surface area (Å²) in [5.41, 5.74) is 2.71. The zero-order valence-corrected chi connectivity index (χ0v) is 14.6. The van der Waals surface area contributed by atoms with Crippen LogP contribution in [0, 0.1) is 5.82 Å². The maximum atomic E-state index is 14.2. The van der Waals surface area contributed by atoms with Gasteiger partial charge in [-0.3, -0.25) is 0 Å². The Balaban J connectivity index is 1.71. The maximum absolute atomic E-state index is 14.2. The van der Waals surface area contributed by atoms with E-state index in [9.17, 15) is 4.39 Å². The summed E-state index contributed by atoms with van der Waals surface area (Å²) in [5.74, 6) is 0.843. The summed E-state index contributed by atoms with van der Waals surface area (Å²) in [5, 5.41) is 7.54. The van der Waals surface area contributed by atoms with E-state index in [2.05, 4.69) is 20.4 Å².